The van der Waals surface area contributed by atoms with E-state index in [1.54, 1.807) is 12.1 Å². The molecule has 8 nitrogen and oxygen atoms in total. The molecule has 0 aliphatic carbocycles. The molecule has 0 spiro atoms. The molecule has 0 atom stereocenters. The van der Waals surface area contributed by atoms with Gasteiger partial charge in [0.05, 0.1) is 23.9 Å². The van der Waals surface area contributed by atoms with E-state index >= 15 is 0 Å². The zero-order valence-electron chi connectivity index (χ0n) is 14.2. The third kappa shape index (κ3) is 7.30. The lowest BCUT2D eigenvalue weighted by Crippen LogP contribution is -2.30. The van der Waals surface area contributed by atoms with Crippen molar-refractivity contribution in [1.82, 2.24) is 5.01 Å². The molecule has 0 saturated carbocycles. The average Bonchev–Trinajstić information content (AvgIpc) is 2.47. The average molecular weight is 373 g/mol. The van der Waals surface area contributed by atoms with Gasteiger partial charge in [-0.05, 0) is 38.5 Å². The summed E-state index contributed by atoms with van der Waals surface area (Å²) in [6.45, 7) is 4.85. The van der Waals surface area contributed by atoms with Gasteiger partial charge in [-0.3, -0.25) is 14.6 Å². The summed E-state index contributed by atoms with van der Waals surface area (Å²) in [5, 5.41) is 22.7. The summed E-state index contributed by atoms with van der Waals surface area (Å²) in [5.41, 5.74) is 0.519. The van der Waals surface area contributed by atoms with Crippen LogP contribution in [0.15, 0.2) is 17.2 Å². The van der Waals surface area contributed by atoms with Crippen LogP contribution in [0.1, 0.15) is 26.3 Å². The second-order valence-corrected chi connectivity index (χ2v) is 5.69. The van der Waals surface area contributed by atoms with Crippen molar-refractivity contribution >= 4 is 29.8 Å². The summed E-state index contributed by atoms with van der Waals surface area (Å²) in [6.07, 6.45) is 1.22. The number of hydrogen-bond donors (Lipinski definition) is 2. The Kier molecular flexibility index (Phi) is 8.00. The monoisotopic (exact) mass is 372 g/mol. The van der Waals surface area contributed by atoms with Gasteiger partial charge in [-0.15, -0.1) is 0 Å². The van der Waals surface area contributed by atoms with Crippen LogP contribution < -0.4 is 9.47 Å². The number of benzene rings is 1. The van der Waals surface area contributed by atoms with Gasteiger partial charge < -0.3 is 19.7 Å². The summed E-state index contributed by atoms with van der Waals surface area (Å²) < 4.78 is 11.2. The third-order valence-electron chi connectivity index (χ3n) is 2.69. The second kappa shape index (κ2) is 9.73. The van der Waals surface area contributed by atoms with Gasteiger partial charge in [-0.1, -0.05) is 11.6 Å². The van der Waals surface area contributed by atoms with Crippen LogP contribution in [0.3, 0.4) is 0 Å². The molecule has 0 aliphatic heterocycles. The lowest BCUT2D eigenvalue weighted by Gasteiger charge is -2.17. The maximum atomic E-state index is 10.8. The maximum absolute atomic E-state index is 10.8. The molecule has 0 bridgehead atoms. The van der Waals surface area contributed by atoms with Crippen molar-refractivity contribution in [3.63, 3.8) is 0 Å². The highest BCUT2D eigenvalue weighted by Gasteiger charge is 2.14. The number of rotatable bonds is 10. The smallest absolute Gasteiger partial charge is 0.324 e. The van der Waals surface area contributed by atoms with Crippen LogP contribution in [0.4, 0.5) is 0 Å². The molecule has 9 heteroatoms. The Hall–Kier alpha value is -2.48. The van der Waals surface area contributed by atoms with Crippen LogP contribution in [0, 0.1) is 0 Å². The summed E-state index contributed by atoms with van der Waals surface area (Å²) in [4.78, 5) is 21.6. The molecule has 0 aliphatic rings. The zero-order valence-corrected chi connectivity index (χ0v) is 15.0. The Bertz CT molecular complexity index is 632. The molecule has 2 N–H and O–H groups in total. The molecular formula is C16H21ClN2O6. The number of carboxylic acid groups (broad SMARTS) is 2. The van der Waals surface area contributed by atoms with Crippen LogP contribution >= 0.6 is 11.6 Å². The number of hydrazone groups is 1. The van der Waals surface area contributed by atoms with E-state index in [1.807, 2.05) is 20.8 Å². The molecule has 138 valence electrons. The molecule has 0 radical (unpaired) electrons. The van der Waals surface area contributed by atoms with Gasteiger partial charge in [0.2, 0.25) is 0 Å². The number of aliphatic carboxylic acids is 2. The van der Waals surface area contributed by atoms with E-state index in [1.165, 1.54) is 6.21 Å². The van der Waals surface area contributed by atoms with E-state index in [-0.39, 0.29) is 6.10 Å². The van der Waals surface area contributed by atoms with Crippen molar-refractivity contribution in [3.8, 4) is 11.5 Å². The van der Waals surface area contributed by atoms with Crippen molar-refractivity contribution in [2.75, 3.05) is 19.7 Å². The van der Waals surface area contributed by atoms with Crippen molar-refractivity contribution < 1.29 is 29.3 Å². The lowest BCUT2D eigenvalue weighted by molar-refractivity contribution is -0.141. The molecule has 0 aromatic heterocycles. The van der Waals surface area contributed by atoms with E-state index in [4.69, 9.17) is 31.3 Å². The SMILES string of the molecule is CCOc1cc(/C=N\N(CC(=O)O)CC(=O)O)cc(Cl)c1OC(C)C. The van der Waals surface area contributed by atoms with Gasteiger partial charge in [0, 0.05) is 0 Å². The highest BCUT2D eigenvalue weighted by atomic mass is 35.5. The minimum Gasteiger partial charge on any atom is -0.490 e. The fraction of sp³-hybridized carbons (Fsp3) is 0.438. The first-order chi connectivity index (χ1) is 11.7. The molecule has 1 rings (SSSR count). The largest absolute Gasteiger partial charge is 0.490 e. The standard InChI is InChI=1S/C16H21ClN2O6/c1-4-24-13-6-11(5-12(17)16(13)25-10(2)3)7-18-19(8-14(20)21)9-15(22)23/h5-7,10H,4,8-9H2,1-3H3,(H,20,21)(H,22,23)/b18-7-. The first-order valence-electron chi connectivity index (χ1n) is 7.58. The van der Waals surface area contributed by atoms with Gasteiger partial charge in [-0.25, -0.2) is 0 Å². The van der Waals surface area contributed by atoms with Crippen LogP contribution in [-0.2, 0) is 9.59 Å². The number of carboxylic acids is 2. The van der Waals surface area contributed by atoms with Crippen molar-refractivity contribution in [2.24, 2.45) is 5.10 Å². The number of hydrogen-bond acceptors (Lipinski definition) is 6. The van der Waals surface area contributed by atoms with E-state index in [9.17, 15) is 9.59 Å². The van der Waals surface area contributed by atoms with Crippen LogP contribution in [0.2, 0.25) is 5.02 Å². The van der Waals surface area contributed by atoms with Crippen LogP contribution in [-0.4, -0.2) is 59.2 Å². The highest BCUT2D eigenvalue weighted by molar-refractivity contribution is 6.32. The topological polar surface area (TPSA) is 109 Å². The van der Waals surface area contributed by atoms with Gasteiger partial charge >= 0.3 is 11.9 Å². The van der Waals surface area contributed by atoms with Gasteiger partial charge in [0.1, 0.15) is 13.1 Å². The number of ether oxygens (including phenoxy) is 2. The second-order valence-electron chi connectivity index (χ2n) is 5.28. The van der Waals surface area contributed by atoms with Gasteiger partial charge in [-0.2, -0.15) is 5.10 Å². The Labute approximate surface area is 150 Å². The van der Waals surface area contributed by atoms with E-state index in [0.29, 0.717) is 28.7 Å². The molecule has 0 amide bonds. The summed E-state index contributed by atoms with van der Waals surface area (Å²) in [7, 11) is 0. The minimum absolute atomic E-state index is 0.0992. The minimum atomic E-state index is -1.19. The van der Waals surface area contributed by atoms with Crippen LogP contribution in [0.5, 0.6) is 11.5 Å². The van der Waals surface area contributed by atoms with Crippen molar-refractivity contribution in [1.29, 1.82) is 0 Å². The molecular weight excluding hydrogens is 352 g/mol. The van der Waals surface area contributed by atoms with E-state index in [2.05, 4.69) is 5.10 Å². The molecule has 1 aromatic carbocycles. The van der Waals surface area contributed by atoms with Crippen LogP contribution in [0.25, 0.3) is 0 Å². The summed E-state index contributed by atoms with van der Waals surface area (Å²) in [6, 6.07) is 3.21. The maximum Gasteiger partial charge on any atom is 0.324 e. The molecule has 1 aromatic rings. The van der Waals surface area contributed by atoms with Gasteiger partial charge in [0.15, 0.2) is 11.5 Å². The fourth-order valence-corrected chi connectivity index (χ4v) is 2.14. The normalized spacial score (nSPS) is 10.9. The number of nitrogens with zero attached hydrogens (tertiary/aromatic N) is 2. The Morgan fingerprint density at radius 2 is 1.88 bits per heavy atom. The Morgan fingerprint density at radius 3 is 2.36 bits per heavy atom. The number of carbonyl (C=O) groups is 2. The highest BCUT2D eigenvalue weighted by Crippen LogP contribution is 2.37. The van der Waals surface area contributed by atoms with Crippen molar-refractivity contribution in [3.05, 3.63) is 22.7 Å². The summed E-state index contributed by atoms with van der Waals surface area (Å²) >= 11 is 6.23. The lowest BCUT2D eigenvalue weighted by atomic mass is 10.2. The first-order valence-corrected chi connectivity index (χ1v) is 7.96. The molecule has 0 unspecified atom stereocenters. The first kappa shape index (κ1) is 20.6. The van der Waals surface area contributed by atoms with E-state index in [0.717, 1.165) is 5.01 Å². The van der Waals surface area contributed by atoms with Crippen molar-refractivity contribution in [2.45, 2.75) is 26.9 Å². The Morgan fingerprint density at radius 1 is 1.28 bits per heavy atom. The quantitative estimate of drug-likeness (QED) is 0.479. The summed E-state index contributed by atoms with van der Waals surface area (Å²) in [5.74, 6) is -1.55. The molecule has 0 saturated heterocycles. The number of halogens is 1. The predicted octanol–water partition coefficient (Wildman–Crippen LogP) is 2.33. The predicted molar refractivity (Wildman–Crippen MR) is 92.8 cm³/mol. The molecule has 0 fully saturated rings. The zero-order chi connectivity index (χ0) is 19.0. The molecule has 0 heterocycles. The Balaban J connectivity index is 3.10. The van der Waals surface area contributed by atoms with E-state index < -0.39 is 25.0 Å². The third-order valence-corrected chi connectivity index (χ3v) is 2.97. The molecule has 25 heavy (non-hydrogen) atoms. The van der Waals surface area contributed by atoms with Gasteiger partial charge in [0.25, 0.3) is 0 Å². The fourth-order valence-electron chi connectivity index (χ4n) is 1.87.